The lowest BCUT2D eigenvalue weighted by Crippen LogP contribution is -2.00. The lowest BCUT2D eigenvalue weighted by atomic mass is 10.1. The minimum Gasteiger partial charge on any atom is -0.463 e. The summed E-state index contributed by atoms with van der Waals surface area (Å²) in [4.78, 5) is 8.21. The molecule has 0 saturated carbocycles. The molecule has 0 saturated heterocycles. The van der Waals surface area contributed by atoms with Crippen LogP contribution in [0.4, 0.5) is 0 Å². The predicted octanol–water partition coefficient (Wildman–Crippen LogP) is 2.39. The molecular weight excluding hydrogens is 164 g/mol. The molecule has 0 fully saturated rings. The van der Waals surface area contributed by atoms with Crippen LogP contribution in [0.5, 0.6) is 6.01 Å². The second kappa shape index (κ2) is 4.80. The van der Waals surface area contributed by atoms with E-state index in [0.717, 1.165) is 12.0 Å². The van der Waals surface area contributed by atoms with E-state index in [1.807, 2.05) is 12.4 Å². The zero-order valence-electron chi connectivity index (χ0n) is 8.45. The Morgan fingerprint density at radius 2 is 1.92 bits per heavy atom. The molecule has 0 atom stereocenters. The van der Waals surface area contributed by atoms with Crippen LogP contribution in [0, 0.1) is 0 Å². The van der Waals surface area contributed by atoms with E-state index in [4.69, 9.17) is 4.74 Å². The van der Waals surface area contributed by atoms with Gasteiger partial charge in [-0.2, -0.15) is 0 Å². The topological polar surface area (TPSA) is 35.0 Å². The molecule has 1 aromatic rings. The van der Waals surface area contributed by atoms with Crippen molar-refractivity contribution in [2.45, 2.75) is 33.1 Å². The Morgan fingerprint density at radius 1 is 1.31 bits per heavy atom. The van der Waals surface area contributed by atoms with Crippen LogP contribution in [0.1, 0.15) is 38.7 Å². The SMILES string of the molecule is CCCOc1ncc(C(C)C)cn1. The molecule has 3 heteroatoms. The van der Waals surface area contributed by atoms with Crippen LogP contribution in [-0.4, -0.2) is 16.6 Å². The van der Waals surface area contributed by atoms with Gasteiger partial charge in [0.1, 0.15) is 0 Å². The molecule has 0 radical (unpaired) electrons. The summed E-state index contributed by atoms with van der Waals surface area (Å²) < 4.78 is 5.27. The third-order valence-electron chi connectivity index (χ3n) is 1.75. The van der Waals surface area contributed by atoms with Crippen molar-refractivity contribution in [1.29, 1.82) is 0 Å². The standard InChI is InChI=1S/C10H16N2O/c1-4-5-13-10-11-6-9(7-12-10)8(2)3/h6-8H,4-5H2,1-3H3. The summed E-state index contributed by atoms with van der Waals surface area (Å²) in [6, 6.07) is 0.478. The Hall–Kier alpha value is -1.12. The lowest BCUT2D eigenvalue weighted by molar-refractivity contribution is 0.292. The van der Waals surface area contributed by atoms with Crippen LogP contribution >= 0.6 is 0 Å². The molecule has 0 unspecified atom stereocenters. The van der Waals surface area contributed by atoms with Gasteiger partial charge in [0.05, 0.1) is 6.61 Å². The largest absolute Gasteiger partial charge is 0.463 e. The van der Waals surface area contributed by atoms with Crippen molar-refractivity contribution < 1.29 is 4.74 Å². The number of ether oxygens (including phenoxy) is 1. The third-order valence-corrected chi connectivity index (χ3v) is 1.75. The highest BCUT2D eigenvalue weighted by atomic mass is 16.5. The van der Waals surface area contributed by atoms with Gasteiger partial charge in [-0.15, -0.1) is 0 Å². The second-order valence-corrected chi connectivity index (χ2v) is 3.30. The van der Waals surface area contributed by atoms with Crippen LogP contribution in [0.25, 0.3) is 0 Å². The first-order chi connectivity index (χ1) is 6.24. The normalized spacial score (nSPS) is 10.5. The molecule has 0 spiro atoms. The average Bonchev–Trinajstić information content (AvgIpc) is 2.15. The molecule has 0 N–H and O–H groups in total. The average molecular weight is 180 g/mol. The maximum absolute atomic E-state index is 5.27. The number of hydrogen-bond acceptors (Lipinski definition) is 3. The van der Waals surface area contributed by atoms with E-state index >= 15 is 0 Å². The summed E-state index contributed by atoms with van der Waals surface area (Å²) in [5, 5.41) is 0. The Bertz CT molecular complexity index is 244. The van der Waals surface area contributed by atoms with Crippen molar-refractivity contribution in [3.8, 4) is 6.01 Å². The zero-order valence-corrected chi connectivity index (χ0v) is 8.45. The molecule has 3 nitrogen and oxygen atoms in total. The van der Waals surface area contributed by atoms with Gasteiger partial charge in [-0.3, -0.25) is 0 Å². The van der Waals surface area contributed by atoms with Crippen molar-refractivity contribution in [2.24, 2.45) is 0 Å². The summed E-state index contributed by atoms with van der Waals surface area (Å²) in [7, 11) is 0. The molecule has 0 aliphatic heterocycles. The summed E-state index contributed by atoms with van der Waals surface area (Å²) in [5.41, 5.74) is 1.14. The first-order valence-corrected chi connectivity index (χ1v) is 4.68. The molecule has 72 valence electrons. The van der Waals surface area contributed by atoms with Gasteiger partial charge in [0.15, 0.2) is 0 Å². The van der Waals surface area contributed by atoms with E-state index < -0.39 is 0 Å². The first kappa shape index (κ1) is 9.96. The van der Waals surface area contributed by atoms with Gasteiger partial charge in [-0.25, -0.2) is 9.97 Å². The van der Waals surface area contributed by atoms with Gasteiger partial charge >= 0.3 is 6.01 Å². The molecule has 0 aliphatic rings. The molecule has 1 aromatic heterocycles. The van der Waals surface area contributed by atoms with E-state index in [9.17, 15) is 0 Å². The van der Waals surface area contributed by atoms with Crippen LogP contribution in [0.3, 0.4) is 0 Å². The summed E-state index contributed by atoms with van der Waals surface area (Å²) >= 11 is 0. The molecule has 0 aromatic carbocycles. The second-order valence-electron chi connectivity index (χ2n) is 3.30. The van der Waals surface area contributed by atoms with E-state index in [-0.39, 0.29) is 0 Å². The maximum Gasteiger partial charge on any atom is 0.316 e. The summed E-state index contributed by atoms with van der Waals surface area (Å²) in [6.07, 6.45) is 4.63. The van der Waals surface area contributed by atoms with Crippen molar-refractivity contribution in [3.63, 3.8) is 0 Å². The van der Waals surface area contributed by atoms with E-state index in [1.165, 1.54) is 0 Å². The van der Waals surface area contributed by atoms with Crippen LogP contribution < -0.4 is 4.74 Å². The first-order valence-electron chi connectivity index (χ1n) is 4.68. The van der Waals surface area contributed by atoms with Crippen molar-refractivity contribution in [2.75, 3.05) is 6.61 Å². The van der Waals surface area contributed by atoms with Crippen molar-refractivity contribution >= 4 is 0 Å². The van der Waals surface area contributed by atoms with E-state index in [0.29, 0.717) is 18.5 Å². The Labute approximate surface area is 79.2 Å². The maximum atomic E-state index is 5.27. The number of nitrogens with zero attached hydrogens (tertiary/aromatic N) is 2. The highest BCUT2D eigenvalue weighted by molar-refractivity contribution is 5.11. The van der Waals surface area contributed by atoms with Crippen LogP contribution in [0.2, 0.25) is 0 Å². The van der Waals surface area contributed by atoms with Gasteiger partial charge in [0, 0.05) is 12.4 Å². The smallest absolute Gasteiger partial charge is 0.316 e. The fourth-order valence-corrected chi connectivity index (χ4v) is 0.892. The predicted molar refractivity (Wildman–Crippen MR) is 51.9 cm³/mol. The molecule has 1 rings (SSSR count). The third kappa shape index (κ3) is 3.01. The minimum atomic E-state index is 0.472. The zero-order chi connectivity index (χ0) is 9.68. The van der Waals surface area contributed by atoms with E-state index in [1.54, 1.807) is 0 Å². The summed E-state index contributed by atoms with van der Waals surface area (Å²) in [6.45, 7) is 6.97. The van der Waals surface area contributed by atoms with Gasteiger partial charge in [0.2, 0.25) is 0 Å². The van der Waals surface area contributed by atoms with Crippen LogP contribution in [-0.2, 0) is 0 Å². The molecule has 13 heavy (non-hydrogen) atoms. The highest BCUT2D eigenvalue weighted by Crippen LogP contribution is 2.12. The Balaban J connectivity index is 2.59. The van der Waals surface area contributed by atoms with Crippen molar-refractivity contribution in [3.05, 3.63) is 18.0 Å². The molecular formula is C10H16N2O. The van der Waals surface area contributed by atoms with Crippen molar-refractivity contribution in [1.82, 2.24) is 9.97 Å². The Kier molecular flexibility index (Phi) is 3.68. The molecule has 0 amide bonds. The lowest BCUT2D eigenvalue weighted by Gasteiger charge is -2.05. The number of aromatic nitrogens is 2. The molecule has 0 aliphatic carbocycles. The minimum absolute atomic E-state index is 0.472. The Morgan fingerprint density at radius 3 is 2.38 bits per heavy atom. The number of hydrogen-bond donors (Lipinski definition) is 0. The highest BCUT2D eigenvalue weighted by Gasteiger charge is 2.01. The van der Waals surface area contributed by atoms with Gasteiger partial charge in [0.25, 0.3) is 0 Å². The fraction of sp³-hybridized carbons (Fsp3) is 0.600. The summed E-state index contributed by atoms with van der Waals surface area (Å²) in [5.74, 6) is 0.472. The quantitative estimate of drug-likeness (QED) is 0.713. The fourth-order valence-electron chi connectivity index (χ4n) is 0.892. The van der Waals surface area contributed by atoms with Crippen LogP contribution in [0.15, 0.2) is 12.4 Å². The van der Waals surface area contributed by atoms with E-state index in [2.05, 4.69) is 30.7 Å². The van der Waals surface area contributed by atoms with Gasteiger partial charge < -0.3 is 4.74 Å². The molecule has 0 bridgehead atoms. The monoisotopic (exact) mass is 180 g/mol. The van der Waals surface area contributed by atoms with Gasteiger partial charge in [-0.05, 0) is 17.9 Å². The molecule has 1 heterocycles. The number of rotatable bonds is 4. The van der Waals surface area contributed by atoms with Gasteiger partial charge in [-0.1, -0.05) is 20.8 Å².